The van der Waals surface area contributed by atoms with Crippen LogP contribution >= 0.6 is 12.2 Å². The van der Waals surface area contributed by atoms with Crippen LogP contribution in [0.5, 0.6) is 0 Å². The van der Waals surface area contributed by atoms with Gasteiger partial charge >= 0.3 is 0 Å². The van der Waals surface area contributed by atoms with Crippen molar-refractivity contribution in [3.05, 3.63) is 53.6 Å². The highest BCUT2D eigenvalue weighted by atomic mass is 32.1. The van der Waals surface area contributed by atoms with Crippen LogP contribution in [0.25, 0.3) is 17.1 Å². The van der Waals surface area contributed by atoms with Crippen LogP contribution in [0.15, 0.2) is 48.8 Å². The Morgan fingerprint density at radius 3 is 2.76 bits per heavy atom. The molecular weight excluding hydrogens is 282 g/mol. The van der Waals surface area contributed by atoms with E-state index in [0.29, 0.717) is 4.77 Å². The first-order valence-electron chi connectivity index (χ1n) is 6.52. The summed E-state index contributed by atoms with van der Waals surface area (Å²) < 4.78 is 2.48. The molecule has 106 valence electrons. The van der Waals surface area contributed by atoms with Crippen LogP contribution in [-0.4, -0.2) is 33.8 Å². The number of aromatic amines is 1. The zero-order chi connectivity index (χ0) is 14.8. The molecule has 5 nitrogen and oxygen atoms in total. The Morgan fingerprint density at radius 2 is 2.05 bits per heavy atom. The number of benzene rings is 1. The normalized spacial score (nSPS) is 10.6. The average Bonchev–Trinajstić information content (AvgIpc) is 2.90. The molecule has 0 saturated heterocycles. The molecule has 2 aromatic heterocycles. The third-order valence-electron chi connectivity index (χ3n) is 3.20. The molecule has 3 rings (SSSR count). The van der Waals surface area contributed by atoms with E-state index in [9.17, 15) is 0 Å². The van der Waals surface area contributed by atoms with Gasteiger partial charge in [-0.2, -0.15) is 5.10 Å². The van der Waals surface area contributed by atoms with Gasteiger partial charge in [-0.15, -0.1) is 0 Å². The fourth-order valence-electron chi connectivity index (χ4n) is 2.14. The molecule has 0 aliphatic rings. The van der Waals surface area contributed by atoms with Crippen LogP contribution in [0, 0.1) is 4.77 Å². The van der Waals surface area contributed by atoms with E-state index in [0.717, 1.165) is 22.8 Å². The van der Waals surface area contributed by atoms with Gasteiger partial charge in [-0.25, -0.2) is 0 Å². The largest absolute Gasteiger partial charge is 0.378 e. The molecule has 0 aliphatic carbocycles. The van der Waals surface area contributed by atoms with E-state index in [4.69, 9.17) is 12.2 Å². The van der Waals surface area contributed by atoms with Crippen molar-refractivity contribution in [2.75, 3.05) is 19.0 Å². The fourth-order valence-corrected chi connectivity index (χ4v) is 2.37. The summed E-state index contributed by atoms with van der Waals surface area (Å²) in [6.07, 6.45) is 3.51. The van der Waals surface area contributed by atoms with Crippen molar-refractivity contribution in [1.82, 2.24) is 19.7 Å². The molecule has 0 unspecified atom stereocenters. The molecule has 0 radical (unpaired) electrons. The van der Waals surface area contributed by atoms with Crippen LogP contribution in [0.2, 0.25) is 0 Å². The van der Waals surface area contributed by atoms with Crippen molar-refractivity contribution < 1.29 is 0 Å². The zero-order valence-corrected chi connectivity index (χ0v) is 12.6. The first-order chi connectivity index (χ1) is 10.2. The summed E-state index contributed by atoms with van der Waals surface area (Å²) >= 11 is 5.37. The van der Waals surface area contributed by atoms with E-state index >= 15 is 0 Å². The standard InChI is InChI=1S/C15H15N5S/c1-19(2)12-6-3-7-13(9-12)20-14(17-18-15(20)21)11-5-4-8-16-10-11/h3-10H,1-2H3,(H,18,21). The second-order valence-electron chi connectivity index (χ2n) is 4.84. The summed E-state index contributed by atoms with van der Waals surface area (Å²) in [6.45, 7) is 0. The third kappa shape index (κ3) is 2.57. The molecule has 0 saturated carbocycles. The topological polar surface area (TPSA) is 49.7 Å². The molecule has 6 heteroatoms. The van der Waals surface area contributed by atoms with E-state index in [-0.39, 0.29) is 0 Å². The number of aromatic nitrogens is 4. The molecule has 0 fully saturated rings. The Kier molecular flexibility index (Phi) is 3.53. The number of pyridine rings is 1. The number of hydrogen-bond acceptors (Lipinski definition) is 4. The summed E-state index contributed by atoms with van der Waals surface area (Å²) in [6, 6.07) is 12.0. The quantitative estimate of drug-likeness (QED) is 0.755. The Labute approximate surface area is 127 Å². The maximum Gasteiger partial charge on any atom is 0.200 e. The van der Waals surface area contributed by atoms with E-state index in [1.807, 2.05) is 42.9 Å². The summed E-state index contributed by atoms with van der Waals surface area (Å²) in [7, 11) is 4.02. The van der Waals surface area contributed by atoms with Gasteiger partial charge in [0.05, 0.1) is 5.69 Å². The number of nitrogens with zero attached hydrogens (tertiary/aromatic N) is 4. The van der Waals surface area contributed by atoms with Gasteiger partial charge < -0.3 is 4.90 Å². The number of H-pyrrole nitrogens is 1. The SMILES string of the molecule is CN(C)c1cccc(-n2c(-c3cccnc3)n[nH]c2=S)c1. The molecule has 0 aliphatic heterocycles. The molecule has 0 atom stereocenters. The first-order valence-corrected chi connectivity index (χ1v) is 6.93. The second kappa shape index (κ2) is 5.49. The third-order valence-corrected chi connectivity index (χ3v) is 3.47. The maximum absolute atomic E-state index is 5.37. The Morgan fingerprint density at radius 1 is 1.19 bits per heavy atom. The first kappa shape index (κ1) is 13.5. The molecule has 1 aromatic carbocycles. The van der Waals surface area contributed by atoms with E-state index in [1.54, 1.807) is 12.4 Å². The maximum atomic E-state index is 5.37. The van der Waals surface area contributed by atoms with Gasteiger partial charge in [0.15, 0.2) is 10.6 Å². The monoisotopic (exact) mass is 297 g/mol. The van der Waals surface area contributed by atoms with Gasteiger partial charge in [0.25, 0.3) is 0 Å². The van der Waals surface area contributed by atoms with Gasteiger partial charge in [-0.05, 0) is 42.5 Å². The summed E-state index contributed by atoms with van der Waals surface area (Å²) in [5.41, 5.74) is 2.99. The van der Waals surface area contributed by atoms with Crippen LogP contribution in [0.3, 0.4) is 0 Å². The zero-order valence-electron chi connectivity index (χ0n) is 11.8. The molecule has 2 heterocycles. The molecule has 0 spiro atoms. The Hall–Kier alpha value is -2.47. The second-order valence-corrected chi connectivity index (χ2v) is 5.23. The highest BCUT2D eigenvalue weighted by Crippen LogP contribution is 2.23. The van der Waals surface area contributed by atoms with Gasteiger partial charge in [0.1, 0.15) is 0 Å². The van der Waals surface area contributed by atoms with Crippen molar-refractivity contribution in [3.63, 3.8) is 0 Å². The lowest BCUT2D eigenvalue weighted by Crippen LogP contribution is -2.09. The highest BCUT2D eigenvalue weighted by Gasteiger charge is 2.11. The summed E-state index contributed by atoms with van der Waals surface area (Å²) in [4.78, 5) is 6.19. The molecule has 0 amide bonds. The number of hydrogen-bond donors (Lipinski definition) is 1. The molecular formula is C15H15N5S. The number of rotatable bonds is 3. The minimum atomic E-state index is 0.560. The predicted octanol–water partition coefficient (Wildman–Crippen LogP) is 3.06. The fraction of sp³-hybridized carbons (Fsp3) is 0.133. The lowest BCUT2D eigenvalue weighted by Gasteiger charge is -2.14. The predicted molar refractivity (Wildman–Crippen MR) is 86.3 cm³/mol. The van der Waals surface area contributed by atoms with E-state index in [2.05, 4.69) is 32.2 Å². The minimum Gasteiger partial charge on any atom is -0.378 e. The Balaban J connectivity index is 2.18. The van der Waals surface area contributed by atoms with Gasteiger partial charge in [0, 0.05) is 37.7 Å². The van der Waals surface area contributed by atoms with Crippen molar-refractivity contribution in [2.45, 2.75) is 0 Å². The van der Waals surface area contributed by atoms with E-state index in [1.165, 1.54) is 0 Å². The van der Waals surface area contributed by atoms with Crippen LogP contribution in [-0.2, 0) is 0 Å². The van der Waals surface area contributed by atoms with E-state index < -0.39 is 0 Å². The molecule has 21 heavy (non-hydrogen) atoms. The van der Waals surface area contributed by atoms with Crippen molar-refractivity contribution in [1.29, 1.82) is 0 Å². The smallest absolute Gasteiger partial charge is 0.200 e. The van der Waals surface area contributed by atoms with Crippen LogP contribution < -0.4 is 4.90 Å². The summed E-state index contributed by atoms with van der Waals surface area (Å²) in [5, 5.41) is 7.19. The number of anilines is 1. The van der Waals surface area contributed by atoms with Crippen LogP contribution in [0.4, 0.5) is 5.69 Å². The van der Waals surface area contributed by atoms with Gasteiger partial charge in [-0.1, -0.05) is 6.07 Å². The molecule has 0 bridgehead atoms. The number of nitrogens with one attached hydrogen (secondary N) is 1. The van der Waals surface area contributed by atoms with Crippen molar-refractivity contribution in [2.24, 2.45) is 0 Å². The Bertz CT molecular complexity index is 804. The van der Waals surface area contributed by atoms with Crippen molar-refractivity contribution >= 4 is 17.9 Å². The van der Waals surface area contributed by atoms with Crippen molar-refractivity contribution in [3.8, 4) is 17.1 Å². The van der Waals surface area contributed by atoms with Crippen LogP contribution in [0.1, 0.15) is 0 Å². The minimum absolute atomic E-state index is 0.560. The van der Waals surface area contributed by atoms with Gasteiger partial charge in [-0.3, -0.25) is 14.6 Å². The average molecular weight is 297 g/mol. The lowest BCUT2D eigenvalue weighted by atomic mass is 10.2. The lowest BCUT2D eigenvalue weighted by molar-refractivity contribution is 1.03. The summed E-state index contributed by atoms with van der Waals surface area (Å²) in [5.74, 6) is 0.754. The molecule has 1 N–H and O–H groups in total. The van der Waals surface area contributed by atoms with Gasteiger partial charge in [0.2, 0.25) is 0 Å². The highest BCUT2D eigenvalue weighted by molar-refractivity contribution is 7.71. The molecule has 3 aromatic rings.